The van der Waals surface area contributed by atoms with E-state index in [4.69, 9.17) is 10.5 Å². The fraction of sp³-hybridized carbons (Fsp3) is 0.235. The Balaban J connectivity index is 2.19. The van der Waals surface area contributed by atoms with Gasteiger partial charge in [0.1, 0.15) is 5.75 Å². The van der Waals surface area contributed by atoms with Crippen LogP contribution in [0.4, 0.5) is 0 Å². The van der Waals surface area contributed by atoms with Crippen molar-refractivity contribution in [1.29, 1.82) is 0 Å². The summed E-state index contributed by atoms with van der Waals surface area (Å²) >= 11 is 0. The molecule has 110 valence electrons. The average Bonchev–Trinajstić information content (AvgIpc) is 2.55. The maximum atomic E-state index is 12.4. The van der Waals surface area contributed by atoms with Crippen molar-refractivity contribution in [2.75, 3.05) is 13.7 Å². The summed E-state index contributed by atoms with van der Waals surface area (Å²) in [5.41, 5.74) is 6.83. The first kappa shape index (κ1) is 15.1. The molecule has 0 fully saturated rings. The van der Waals surface area contributed by atoms with Crippen LogP contribution in [0.2, 0.25) is 0 Å². The molecule has 1 unspecified atom stereocenters. The Morgan fingerprint density at radius 1 is 1.14 bits per heavy atom. The summed E-state index contributed by atoms with van der Waals surface area (Å²) in [5.74, 6) is 0.561. The molecule has 0 spiro atoms. The van der Waals surface area contributed by atoms with Crippen LogP contribution in [0, 0.1) is 0 Å². The van der Waals surface area contributed by atoms with E-state index in [0.717, 1.165) is 11.3 Å². The van der Waals surface area contributed by atoms with Gasteiger partial charge in [0.15, 0.2) is 0 Å². The van der Waals surface area contributed by atoms with Crippen LogP contribution in [0.3, 0.4) is 0 Å². The zero-order chi connectivity index (χ0) is 15.3. The number of benzene rings is 2. The van der Waals surface area contributed by atoms with Gasteiger partial charge in [-0.15, -0.1) is 0 Å². The van der Waals surface area contributed by atoms with Gasteiger partial charge in [0, 0.05) is 12.1 Å². The lowest BCUT2D eigenvalue weighted by molar-refractivity contribution is 0.0907. The molecule has 0 bridgehead atoms. The smallest absolute Gasteiger partial charge is 0.252 e. The van der Waals surface area contributed by atoms with E-state index in [-0.39, 0.29) is 5.91 Å². The Kier molecular flexibility index (Phi) is 4.60. The molecular weight excluding hydrogens is 264 g/mol. The second-order valence-electron chi connectivity index (χ2n) is 5.08. The average molecular weight is 284 g/mol. The van der Waals surface area contributed by atoms with Gasteiger partial charge < -0.3 is 15.8 Å². The van der Waals surface area contributed by atoms with E-state index >= 15 is 0 Å². The van der Waals surface area contributed by atoms with Crippen molar-refractivity contribution >= 4 is 5.91 Å². The number of carbonyl (C=O) groups excluding carboxylic acids is 1. The second kappa shape index (κ2) is 6.41. The highest BCUT2D eigenvalue weighted by Gasteiger charge is 2.27. The summed E-state index contributed by atoms with van der Waals surface area (Å²) in [6, 6.07) is 16.7. The van der Waals surface area contributed by atoms with Gasteiger partial charge >= 0.3 is 0 Å². The molecule has 0 aliphatic carbocycles. The fourth-order valence-electron chi connectivity index (χ4n) is 2.11. The predicted molar refractivity (Wildman–Crippen MR) is 83.3 cm³/mol. The Morgan fingerprint density at radius 3 is 2.29 bits per heavy atom. The van der Waals surface area contributed by atoms with Crippen LogP contribution in [-0.2, 0) is 5.54 Å². The number of amides is 1. The molecule has 3 N–H and O–H groups in total. The monoisotopic (exact) mass is 284 g/mol. The molecule has 0 aromatic heterocycles. The highest BCUT2D eigenvalue weighted by Crippen LogP contribution is 2.20. The second-order valence-corrected chi connectivity index (χ2v) is 5.08. The number of rotatable bonds is 5. The number of nitrogens with two attached hydrogens (primary N) is 1. The van der Waals surface area contributed by atoms with Crippen LogP contribution in [0.25, 0.3) is 0 Å². The van der Waals surface area contributed by atoms with E-state index in [9.17, 15) is 4.79 Å². The number of methoxy groups -OCH3 is 1. The molecule has 0 heterocycles. The quantitative estimate of drug-likeness (QED) is 0.885. The SMILES string of the molecule is COc1ccc(C(=O)NC(C)(CN)c2ccccc2)cc1. The minimum absolute atomic E-state index is 0.158. The summed E-state index contributed by atoms with van der Waals surface area (Å²) in [5, 5.41) is 3.01. The van der Waals surface area contributed by atoms with Crippen molar-refractivity contribution in [1.82, 2.24) is 5.32 Å². The molecule has 0 saturated carbocycles. The van der Waals surface area contributed by atoms with Crippen LogP contribution in [0.5, 0.6) is 5.75 Å². The van der Waals surface area contributed by atoms with E-state index in [1.807, 2.05) is 37.3 Å². The maximum absolute atomic E-state index is 12.4. The normalized spacial score (nSPS) is 13.3. The van der Waals surface area contributed by atoms with Crippen LogP contribution in [-0.4, -0.2) is 19.6 Å². The van der Waals surface area contributed by atoms with E-state index in [2.05, 4.69) is 5.32 Å². The van der Waals surface area contributed by atoms with Gasteiger partial charge in [-0.25, -0.2) is 0 Å². The minimum Gasteiger partial charge on any atom is -0.497 e. The van der Waals surface area contributed by atoms with Gasteiger partial charge in [0.2, 0.25) is 0 Å². The first-order valence-corrected chi connectivity index (χ1v) is 6.81. The summed E-state index contributed by atoms with van der Waals surface area (Å²) in [6.45, 7) is 2.24. The summed E-state index contributed by atoms with van der Waals surface area (Å²) in [7, 11) is 1.59. The summed E-state index contributed by atoms with van der Waals surface area (Å²) in [6.07, 6.45) is 0. The molecular formula is C17H20N2O2. The van der Waals surface area contributed by atoms with Gasteiger partial charge in [-0.2, -0.15) is 0 Å². The number of carbonyl (C=O) groups is 1. The van der Waals surface area contributed by atoms with Crippen molar-refractivity contribution in [2.45, 2.75) is 12.5 Å². The molecule has 0 radical (unpaired) electrons. The third-order valence-corrected chi connectivity index (χ3v) is 3.56. The Labute approximate surface area is 124 Å². The molecule has 0 aliphatic rings. The first-order valence-electron chi connectivity index (χ1n) is 6.81. The van der Waals surface area contributed by atoms with Gasteiger partial charge in [-0.3, -0.25) is 4.79 Å². The number of hydrogen-bond acceptors (Lipinski definition) is 3. The molecule has 2 aromatic rings. The molecule has 2 aromatic carbocycles. The predicted octanol–water partition coefficient (Wildman–Crippen LogP) is 2.30. The lowest BCUT2D eigenvalue weighted by atomic mass is 9.91. The highest BCUT2D eigenvalue weighted by molar-refractivity contribution is 5.94. The van der Waals surface area contributed by atoms with Crippen LogP contribution < -0.4 is 15.8 Å². The molecule has 2 rings (SSSR count). The lowest BCUT2D eigenvalue weighted by Gasteiger charge is -2.30. The highest BCUT2D eigenvalue weighted by atomic mass is 16.5. The Hall–Kier alpha value is -2.33. The molecule has 1 amide bonds. The summed E-state index contributed by atoms with van der Waals surface area (Å²) in [4.78, 5) is 12.4. The van der Waals surface area contributed by atoms with Crippen molar-refractivity contribution in [3.05, 3.63) is 65.7 Å². The van der Waals surface area contributed by atoms with Crippen molar-refractivity contribution in [3.8, 4) is 5.75 Å². The maximum Gasteiger partial charge on any atom is 0.252 e. The molecule has 1 atom stereocenters. The molecule has 4 nitrogen and oxygen atoms in total. The molecule has 4 heteroatoms. The van der Waals surface area contributed by atoms with Gasteiger partial charge in [-0.1, -0.05) is 30.3 Å². The third-order valence-electron chi connectivity index (χ3n) is 3.56. The van der Waals surface area contributed by atoms with Crippen molar-refractivity contribution in [2.24, 2.45) is 5.73 Å². The summed E-state index contributed by atoms with van der Waals surface area (Å²) < 4.78 is 5.09. The minimum atomic E-state index is -0.599. The number of ether oxygens (including phenoxy) is 1. The van der Waals surface area contributed by atoms with Crippen LogP contribution in [0.1, 0.15) is 22.8 Å². The molecule has 0 aliphatic heterocycles. The zero-order valence-electron chi connectivity index (χ0n) is 12.3. The lowest BCUT2D eigenvalue weighted by Crippen LogP contribution is -2.48. The van der Waals surface area contributed by atoms with Crippen LogP contribution >= 0.6 is 0 Å². The van der Waals surface area contributed by atoms with E-state index < -0.39 is 5.54 Å². The number of hydrogen-bond donors (Lipinski definition) is 2. The van der Waals surface area contributed by atoms with Gasteiger partial charge in [-0.05, 0) is 36.8 Å². The van der Waals surface area contributed by atoms with Gasteiger partial charge in [0.05, 0.1) is 12.6 Å². The van der Waals surface area contributed by atoms with Gasteiger partial charge in [0.25, 0.3) is 5.91 Å². The van der Waals surface area contributed by atoms with Crippen LogP contribution in [0.15, 0.2) is 54.6 Å². The standard InChI is InChI=1S/C17H20N2O2/c1-17(12-18,14-6-4-3-5-7-14)19-16(20)13-8-10-15(21-2)11-9-13/h3-11H,12,18H2,1-2H3,(H,19,20). The Bertz CT molecular complexity index is 596. The first-order chi connectivity index (χ1) is 10.1. The van der Waals surface area contributed by atoms with Crippen molar-refractivity contribution in [3.63, 3.8) is 0 Å². The Morgan fingerprint density at radius 2 is 1.76 bits per heavy atom. The number of nitrogens with one attached hydrogen (secondary N) is 1. The molecule has 21 heavy (non-hydrogen) atoms. The third kappa shape index (κ3) is 3.41. The topological polar surface area (TPSA) is 64.3 Å². The zero-order valence-corrected chi connectivity index (χ0v) is 12.3. The fourth-order valence-corrected chi connectivity index (χ4v) is 2.11. The van der Waals surface area contributed by atoms with E-state index in [0.29, 0.717) is 12.1 Å². The largest absolute Gasteiger partial charge is 0.497 e. The van der Waals surface area contributed by atoms with E-state index in [1.54, 1.807) is 31.4 Å². The molecule has 0 saturated heterocycles. The van der Waals surface area contributed by atoms with E-state index in [1.165, 1.54) is 0 Å². The van der Waals surface area contributed by atoms with Crippen molar-refractivity contribution < 1.29 is 9.53 Å².